The molecule has 1 heteroatoms. The van der Waals surface area contributed by atoms with Crippen LogP contribution in [0.4, 0.5) is 0 Å². The van der Waals surface area contributed by atoms with Gasteiger partial charge in [-0.1, -0.05) is 149 Å². The van der Waals surface area contributed by atoms with Crippen LogP contribution in [0.2, 0.25) is 11.1 Å². The molecule has 0 aliphatic heterocycles. The van der Waals surface area contributed by atoms with Gasteiger partial charge in [-0.25, -0.2) is 0 Å². The Morgan fingerprint density at radius 2 is 1.10 bits per heavy atom. The molecule has 0 nitrogen and oxygen atoms in total. The van der Waals surface area contributed by atoms with Gasteiger partial charge in [-0.3, -0.25) is 0 Å². The van der Waals surface area contributed by atoms with E-state index in [-0.39, 0.29) is 0 Å². The number of rotatable bonds is 8. The fourth-order valence-corrected chi connectivity index (χ4v) is 20.7. The van der Waals surface area contributed by atoms with Crippen molar-refractivity contribution in [3.05, 3.63) is 73.3 Å². The summed E-state index contributed by atoms with van der Waals surface area (Å²) in [4.78, 5) is 0. The minimum atomic E-state index is -2.18. The van der Waals surface area contributed by atoms with E-state index in [1.807, 2.05) is 10.4 Å². The molecule has 5 fully saturated rings. The average molecular weight is 579 g/mol. The smallest absolute Gasteiger partial charge is 0.103 e. The lowest BCUT2D eigenvalue weighted by Gasteiger charge is -2.51. The van der Waals surface area contributed by atoms with Crippen molar-refractivity contribution in [1.29, 1.82) is 0 Å². The fraction of sp³-hybridized carbons (Fsp3) is 0.659. The highest BCUT2D eigenvalue weighted by Crippen LogP contribution is 2.68. The summed E-state index contributed by atoms with van der Waals surface area (Å²) in [5, 5.41) is 3.63. The van der Waals surface area contributed by atoms with Crippen LogP contribution >= 0.6 is 0 Å². The van der Waals surface area contributed by atoms with Crippen LogP contribution in [0.25, 0.3) is 0 Å². The van der Waals surface area contributed by atoms with Crippen molar-refractivity contribution in [2.75, 3.05) is 0 Å². The van der Waals surface area contributed by atoms with E-state index in [9.17, 15) is 0 Å². The second-order valence-corrected chi connectivity index (χ2v) is 20.5. The molecule has 42 heavy (non-hydrogen) atoms. The molecular formula is C41H58Si. The van der Waals surface area contributed by atoms with E-state index in [0.717, 1.165) is 52.5 Å². The SMILES string of the molecule is C=CCCC(C)(C)C1CC([Si](c2ccccc2)(c2ccccc2)C2C3CCCCC3C3CCCCC32)C2CCCCC21. The van der Waals surface area contributed by atoms with Crippen LogP contribution < -0.4 is 10.4 Å². The fourth-order valence-electron chi connectivity index (χ4n) is 12.9. The van der Waals surface area contributed by atoms with E-state index in [2.05, 4.69) is 87.2 Å². The highest BCUT2D eigenvalue weighted by Gasteiger charge is 2.66. The highest BCUT2D eigenvalue weighted by atomic mass is 28.3. The summed E-state index contributed by atoms with van der Waals surface area (Å²) in [6, 6.07) is 24.9. The van der Waals surface area contributed by atoms with Crippen LogP contribution in [0.3, 0.4) is 0 Å². The summed E-state index contributed by atoms with van der Waals surface area (Å²) in [6.07, 6.45) is 24.1. The van der Waals surface area contributed by atoms with Crippen molar-refractivity contribution in [2.45, 2.75) is 121 Å². The third-order valence-electron chi connectivity index (χ3n) is 14.2. The number of allylic oxidation sites excluding steroid dienone is 1. The zero-order chi connectivity index (χ0) is 28.7. The van der Waals surface area contributed by atoms with Gasteiger partial charge in [-0.15, -0.1) is 6.58 Å². The van der Waals surface area contributed by atoms with Gasteiger partial charge < -0.3 is 0 Å². The molecule has 0 N–H and O–H groups in total. The van der Waals surface area contributed by atoms with Gasteiger partial charge in [0.05, 0.1) is 0 Å². The highest BCUT2D eigenvalue weighted by molar-refractivity contribution is 7.04. The van der Waals surface area contributed by atoms with Gasteiger partial charge in [0.25, 0.3) is 0 Å². The summed E-state index contributed by atoms with van der Waals surface area (Å²) < 4.78 is 0. The first kappa shape index (κ1) is 29.1. The van der Waals surface area contributed by atoms with Crippen molar-refractivity contribution in [3.8, 4) is 0 Å². The van der Waals surface area contributed by atoms with Crippen LogP contribution in [0, 0.1) is 46.8 Å². The minimum absolute atomic E-state index is 0.396. The maximum atomic E-state index is 4.14. The van der Waals surface area contributed by atoms with E-state index in [1.165, 1.54) is 96.3 Å². The molecular weight excluding hydrogens is 521 g/mol. The average Bonchev–Trinajstić information content (AvgIpc) is 3.60. The summed E-state index contributed by atoms with van der Waals surface area (Å²) in [5.41, 5.74) is 2.21. The van der Waals surface area contributed by atoms with Gasteiger partial charge in [0.15, 0.2) is 0 Å². The van der Waals surface area contributed by atoms with Crippen molar-refractivity contribution in [1.82, 2.24) is 0 Å². The lowest BCUT2D eigenvalue weighted by Crippen LogP contribution is -2.67. The molecule has 0 saturated heterocycles. The summed E-state index contributed by atoms with van der Waals surface area (Å²) in [6.45, 7) is 9.43. The van der Waals surface area contributed by atoms with Crippen LogP contribution in [-0.2, 0) is 0 Å². The molecule has 7 rings (SSSR count). The van der Waals surface area contributed by atoms with Gasteiger partial charge in [-0.2, -0.15) is 0 Å². The van der Waals surface area contributed by atoms with Crippen molar-refractivity contribution < 1.29 is 0 Å². The Bertz CT molecular complexity index is 1120. The van der Waals surface area contributed by atoms with E-state index < -0.39 is 8.07 Å². The van der Waals surface area contributed by atoms with Gasteiger partial charge in [0.2, 0.25) is 0 Å². The molecule has 2 aromatic rings. The quantitative estimate of drug-likeness (QED) is 0.216. The molecule has 5 aliphatic rings. The van der Waals surface area contributed by atoms with Crippen molar-refractivity contribution in [3.63, 3.8) is 0 Å². The monoisotopic (exact) mass is 578 g/mol. The summed E-state index contributed by atoms with van der Waals surface area (Å²) in [5.74, 6) is 6.66. The van der Waals surface area contributed by atoms with E-state index in [4.69, 9.17) is 0 Å². The Morgan fingerprint density at radius 3 is 1.60 bits per heavy atom. The van der Waals surface area contributed by atoms with Crippen LogP contribution in [0.1, 0.15) is 110 Å². The first-order valence-corrected chi connectivity index (χ1v) is 20.4. The van der Waals surface area contributed by atoms with E-state index >= 15 is 0 Å². The maximum Gasteiger partial charge on any atom is 0.124 e. The second-order valence-electron chi connectivity index (χ2n) is 16.2. The molecule has 5 aliphatic carbocycles. The number of benzene rings is 2. The predicted octanol–water partition coefficient (Wildman–Crippen LogP) is 10.4. The third kappa shape index (κ3) is 4.74. The van der Waals surface area contributed by atoms with E-state index in [1.54, 1.807) is 0 Å². The Kier molecular flexibility index (Phi) is 8.36. The van der Waals surface area contributed by atoms with Gasteiger partial charge in [0, 0.05) is 0 Å². The zero-order valence-corrected chi connectivity index (χ0v) is 27.9. The van der Waals surface area contributed by atoms with Crippen LogP contribution in [0.5, 0.6) is 0 Å². The molecule has 8 atom stereocenters. The van der Waals surface area contributed by atoms with Gasteiger partial charge in [-0.05, 0) is 96.4 Å². The standard InChI is InChI=1S/C41H58Si/c1-4-5-28-41(2,3)38-29-39(35-25-15-14-24-34(35)38)42(30-18-8-6-9-19-30,31-20-10-7-11-21-31)40-36-26-16-12-22-32(36)33-23-13-17-27-37(33)40/h4,6-11,18-21,32-40H,1,5,12-17,22-29H2,2-3H3. The second kappa shape index (κ2) is 12.1. The summed E-state index contributed by atoms with van der Waals surface area (Å²) in [7, 11) is -2.18. The van der Waals surface area contributed by atoms with Crippen LogP contribution in [0.15, 0.2) is 73.3 Å². The lowest BCUT2D eigenvalue weighted by molar-refractivity contribution is 0.110. The third-order valence-corrected chi connectivity index (χ3v) is 20.6. The molecule has 226 valence electrons. The number of hydrogen-bond donors (Lipinski definition) is 0. The molecule has 0 amide bonds. The van der Waals surface area contributed by atoms with Crippen molar-refractivity contribution in [2.24, 2.45) is 46.8 Å². The first-order valence-electron chi connectivity index (χ1n) is 18.3. The molecule has 0 aromatic heterocycles. The first-order chi connectivity index (χ1) is 20.6. The molecule has 0 radical (unpaired) electrons. The topological polar surface area (TPSA) is 0 Å². The molecule has 5 saturated carbocycles. The normalized spacial score (nSPS) is 36.6. The van der Waals surface area contributed by atoms with E-state index in [0.29, 0.717) is 5.41 Å². The largest absolute Gasteiger partial charge is 0.124 e. The Balaban J connectivity index is 1.45. The molecule has 0 heterocycles. The Morgan fingerprint density at radius 1 is 0.643 bits per heavy atom. The van der Waals surface area contributed by atoms with Crippen molar-refractivity contribution >= 4 is 18.4 Å². The molecule has 8 unspecified atom stereocenters. The Hall–Kier alpha value is -1.60. The molecule has 0 spiro atoms. The number of fused-ring (bicyclic) bond motifs is 4. The zero-order valence-electron chi connectivity index (χ0n) is 26.9. The van der Waals surface area contributed by atoms with Gasteiger partial charge in [0.1, 0.15) is 8.07 Å². The van der Waals surface area contributed by atoms with Gasteiger partial charge >= 0.3 is 0 Å². The maximum absolute atomic E-state index is 4.14. The summed E-state index contributed by atoms with van der Waals surface area (Å²) >= 11 is 0. The molecule has 2 aromatic carbocycles. The number of hydrogen-bond acceptors (Lipinski definition) is 0. The molecule has 0 bridgehead atoms. The van der Waals surface area contributed by atoms with Crippen LogP contribution in [-0.4, -0.2) is 8.07 Å². The Labute approximate surface area is 259 Å². The lowest BCUT2D eigenvalue weighted by atomic mass is 9.66. The minimum Gasteiger partial charge on any atom is -0.103 e. The predicted molar refractivity (Wildman–Crippen MR) is 183 cm³/mol.